The van der Waals surface area contributed by atoms with Crippen LogP contribution < -0.4 is 14.2 Å². The number of methoxy groups -OCH3 is 2. The van der Waals surface area contributed by atoms with Crippen LogP contribution in [0.5, 0.6) is 23.5 Å². The van der Waals surface area contributed by atoms with Crippen LogP contribution in [0.3, 0.4) is 0 Å². The summed E-state index contributed by atoms with van der Waals surface area (Å²) in [6, 6.07) is 16.4. The first-order chi connectivity index (χ1) is 16.9. The van der Waals surface area contributed by atoms with Gasteiger partial charge in [0.2, 0.25) is 17.6 Å². The summed E-state index contributed by atoms with van der Waals surface area (Å²) in [6.07, 6.45) is 0. The molecule has 0 fully saturated rings. The average molecular weight is 502 g/mol. The summed E-state index contributed by atoms with van der Waals surface area (Å²) in [5, 5.41) is 0. The average Bonchev–Trinajstić information content (AvgIpc) is 2.88. The van der Waals surface area contributed by atoms with Crippen molar-refractivity contribution >= 4 is 13.6 Å². The predicted molar refractivity (Wildman–Crippen MR) is 127 cm³/mol. The van der Waals surface area contributed by atoms with E-state index in [2.05, 4.69) is 9.97 Å². The zero-order valence-electron chi connectivity index (χ0n) is 19.9. The van der Waals surface area contributed by atoms with Crippen molar-refractivity contribution in [2.45, 2.75) is 19.7 Å². The van der Waals surface area contributed by atoms with Crippen molar-refractivity contribution in [3.8, 4) is 23.5 Å². The van der Waals surface area contributed by atoms with E-state index >= 15 is 0 Å². The van der Waals surface area contributed by atoms with Gasteiger partial charge in [0.05, 0.1) is 33.5 Å². The van der Waals surface area contributed by atoms with Crippen molar-refractivity contribution in [3.05, 3.63) is 71.8 Å². The summed E-state index contributed by atoms with van der Waals surface area (Å²) in [5.74, 6) is -1.56. The Morgan fingerprint density at radius 2 is 1.46 bits per heavy atom. The van der Waals surface area contributed by atoms with Crippen molar-refractivity contribution in [1.82, 2.24) is 9.97 Å². The van der Waals surface area contributed by atoms with Crippen molar-refractivity contribution in [2.24, 2.45) is 0 Å². The Balaban J connectivity index is 1.95. The number of benzene rings is 2. The van der Waals surface area contributed by atoms with E-state index in [0.717, 1.165) is 0 Å². The molecule has 0 spiro atoms. The first-order valence-electron chi connectivity index (χ1n) is 10.8. The van der Waals surface area contributed by atoms with Crippen LogP contribution in [0, 0.1) is 0 Å². The number of hydrogen-bond acceptors (Lipinski definition) is 10. The van der Waals surface area contributed by atoms with E-state index in [4.69, 9.17) is 28.0 Å². The molecule has 0 amide bonds. The Hall–Kier alpha value is -3.46. The third-order valence-corrected chi connectivity index (χ3v) is 6.81. The van der Waals surface area contributed by atoms with Gasteiger partial charge in [-0.25, -0.2) is 4.79 Å². The van der Waals surface area contributed by atoms with Crippen LogP contribution in [0.15, 0.2) is 60.7 Å². The number of aromatic nitrogens is 2. The van der Waals surface area contributed by atoms with Gasteiger partial charge in [0.1, 0.15) is 11.3 Å². The molecular weight excluding hydrogens is 475 g/mol. The topological polar surface area (TPSA) is 115 Å². The lowest BCUT2D eigenvalue weighted by molar-refractivity contribution is 0.0361. The van der Waals surface area contributed by atoms with E-state index in [0.29, 0.717) is 5.56 Å². The molecule has 1 heterocycles. The van der Waals surface area contributed by atoms with Gasteiger partial charge in [0.25, 0.3) is 0 Å². The van der Waals surface area contributed by atoms with Crippen molar-refractivity contribution in [3.63, 3.8) is 0 Å². The van der Waals surface area contributed by atoms with Gasteiger partial charge in [-0.2, -0.15) is 9.97 Å². The highest BCUT2D eigenvalue weighted by Crippen LogP contribution is 2.61. The minimum absolute atomic E-state index is 0.0540. The van der Waals surface area contributed by atoms with Crippen LogP contribution in [0.4, 0.5) is 0 Å². The quantitative estimate of drug-likeness (QED) is 0.235. The maximum absolute atomic E-state index is 13.6. The summed E-state index contributed by atoms with van der Waals surface area (Å²) < 4.78 is 46.3. The Morgan fingerprint density at radius 3 is 2.03 bits per heavy atom. The maximum Gasteiger partial charge on any atom is 0.375 e. The van der Waals surface area contributed by atoms with Gasteiger partial charge in [0, 0.05) is 5.56 Å². The molecule has 1 atom stereocenters. The molecular formula is C24H27N2O8P. The molecule has 1 unspecified atom stereocenters. The van der Waals surface area contributed by atoms with Gasteiger partial charge >= 0.3 is 19.6 Å². The standard InChI is InChI=1S/C24H27N2O8P/c1-5-31-35(28,32-6-2)23(17-12-8-7-9-13-17)34-22(27)18-14-10-11-15-19(18)33-24-25-20(29-3)16-21(26-24)30-4/h7-16,23H,5-6H2,1-4H3. The van der Waals surface area contributed by atoms with E-state index in [9.17, 15) is 9.36 Å². The highest BCUT2D eigenvalue weighted by atomic mass is 31.2. The van der Waals surface area contributed by atoms with E-state index in [1.54, 1.807) is 62.4 Å². The Kier molecular flexibility index (Phi) is 9.19. The third kappa shape index (κ3) is 6.57. The van der Waals surface area contributed by atoms with Gasteiger partial charge < -0.3 is 28.0 Å². The summed E-state index contributed by atoms with van der Waals surface area (Å²) in [7, 11) is -0.990. The van der Waals surface area contributed by atoms with Gasteiger partial charge in [0.15, 0.2) is 0 Å². The molecule has 0 aliphatic heterocycles. The van der Waals surface area contributed by atoms with Gasteiger partial charge in [-0.1, -0.05) is 42.5 Å². The lowest BCUT2D eigenvalue weighted by atomic mass is 10.2. The number of carbonyl (C=O) groups is 1. The third-order valence-electron chi connectivity index (χ3n) is 4.59. The first-order valence-corrected chi connectivity index (χ1v) is 12.4. The van der Waals surface area contributed by atoms with E-state index < -0.39 is 19.4 Å². The zero-order valence-corrected chi connectivity index (χ0v) is 20.8. The van der Waals surface area contributed by atoms with E-state index in [1.165, 1.54) is 26.4 Å². The fraction of sp³-hybridized carbons (Fsp3) is 0.292. The number of nitrogens with zero attached hydrogens (tertiary/aromatic N) is 2. The highest BCUT2D eigenvalue weighted by Gasteiger charge is 2.40. The lowest BCUT2D eigenvalue weighted by Crippen LogP contribution is -2.16. The number of esters is 1. The molecule has 10 nitrogen and oxygen atoms in total. The lowest BCUT2D eigenvalue weighted by Gasteiger charge is -2.26. The monoisotopic (exact) mass is 502 g/mol. The highest BCUT2D eigenvalue weighted by molar-refractivity contribution is 7.54. The van der Waals surface area contributed by atoms with E-state index in [-0.39, 0.29) is 42.3 Å². The minimum atomic E-state index is -3.87. The number of hydrogen-bond donors (Lipinski definition) is 0. The van der Waals surface area contributed by atoms with Crippen LogP contribution >= 0.6 is 7.60 Å². The van der Waals surface area contributed by atoms with Gasteiger partial charge in [-0.3, -0.25) is 4.57 Å². The fourth-order valence-electron chi connectivity index (χ4n) is 3.09. The van der Waals surface area contributed by atoms with Gasteiger partial charge in [-0.05, 0) is 26.0 Å². The second-order valence-electron chi connectivity index (χ2n) is 6.88. The van der Waals surface area contributed by atoms with Crippen LogP contribution in [0.25, 0.3) is 0 Å². The Morgan fingerprint density at radius 1 is 0.886 bits per heavy atom. The largest absolute Gasteiger partial charge is 0.481 e. The van der Waals surface area contributed by atoms with Crippen LogP contribution in [-0.4, -0.2) is 43.4 Å². The number of rotatable bonds is 12. The molecule has 2 aromatic carbocycles. The molecule has 0 radical (unpaired) electrons. The summed E-state index contributed by atoms with van der Waals surface area (Å²) >= 11 is 0. The van der Waals surface area contributed by atoms with Crippen molar-refractivity contribution < 1.29 is 37.4 Å². The fourth-order valence-corrected chi connectivity index (χ4v) is 4.92. The molecule has 0 N–H and O–H groups in total. The second-order valence-corrected chi connectivity index (χ2v) is 8.94. The van der Waals surface area contributed by atoms with Gasteiger partial charge in [-0.15, -0.1) is 0 Å². The Labute approximate surface area is 203 Å². The molecule has 0 aliphatic rings. The van der Waals surface area contributed by atoms with Crippen LogP contribution in [0.2, 0.25) is 0 Å². The van der Waals surface area contributed by atoms with Crippen LogP contribution in [-0.2, 0) is 18.3 Å². The molecule has 0 aliphatic carbocycles. The predicted octanol–water partition coefficient (Wildman–Crippen LogP) is 5.41. The molecule has 3 rings (SSSR count). The molecule has 186 valence electrons. The SMILES string of the molecule is CCOP(=O)(OCC)C(OC(=O)c1ccccc1Oc1nc(OC)cc(OC)n1)c1ccccc1. The molecule has 0 saturated heterocycles. The second kappa shape index (κ2) is 12.3. The summed E-state index contributed by atoms with van der Waals surface area (Å²) in [5.41, 5.74) is 0.517. The Bertz CT molecular complexity index is 1140. The molecule has 11 heteroatoms. The first kappa shape index (κ1) is 26.2. The van der Waals surface area contributed by atoms with Crippen molar-refractivity contribution in [1.29, 1.82) is 0 Å². The molecule has 35 heavy (non-hydrogen) atoms. The molecule has 1 aromatic heterocycles. The van der Waals surface area contributed by atoms with Crippen molar-refractivity contribution in [2.75, 3.05) is 27.4 Å². The molecule has 3 aromatic rings. The summed E-state index contributed by atoms with van der Waals surface area (Å²) in [6.45, 7) is 3.57. The number of carbonyl (C=O) groups excluding carboxylic acids is 1. The van der Waals surface area contributed by atoms with E-state index in [1.807, 2.05) is 0 Å². The maximum atomic E-state index is 13.6. The summed E-state index contributed by atoms with van der Waals surface area (Å²) in [4.78, 5) is 21.6. The minimum Gasteiger partial charge on any atom is -0.481 e. The smallest absolute Gasteiger partial charge is 0.375 e. The molecule has 0 saturated carbocycles. The van der Waals surface area contributed by atoms with Crippen LogP contribution in [0.1, 0.15) is 35.6 Å². The normalized spacial score (nSPS) is 12.0. The molecule has 0 bridgehead atoms. The number of ether oxygens (including phenoxy) is 4. The zero-order chi connectivity index (χ0) is 25.3. The number of para-hydroxylation sites is 1.